The molecule has 0 spiro atoms. The third-order valence-corrected chi connectivity index (χ3v) is 5.99. The molecule has 1 aliphatic heterocycles. The number of pyridine rings is 1. The van der Waals surface area contributed by atoms with Crippen LogP contribution in [0.25, 0.3) is 0 Å². The standard InChI is InChI=1S/C19H26ClN5S/c1-14(25-9-6-17-16(13-25)7-10-26-17)11-24-19(21-2)22-8-5-15-3-4-18(20)23-12-15/h3-4,7,10,12,14H,5-6,8-9,11,13H2,1-2H3,(H2,21,22,24). The molecule has 0 aromatic carbocycles. The van der Waals surface area contributed by atoms with E-state index in [1.165, 1.54) is 12.0 Å². The summed E-state index contributed by atoms with van der Waals surface area (Å²) in [6.45, 7) is 6.14. The lowest BCUT2D eigenvalue weighted by atomic mass is 10.1. The van der Waals surface area contributed by atoms with Gasteiger partial charge in [0.1, 0.15) is 5.15 Å². The van der Waals surface area contributed by atoms with E-state index in [2.05, 4.69) is 43.9 Å². The van der Waals surface area contributed by atoms with Gasteiger partial charge in [-0.2, -0.15) is 0 Å². The van der Waals surface area contributed by atoms with E-state index in [0.717, 1.165) is 44.1 Å². The number of hydrogen-bond donors (Lipinski definition) is 2. The second-order valence-electron chi connectivity index (χ2n) is 6.56. The second-order valence-corrected chi connectivity index (χ2v) is 7.95. The van der Waals surface area contributed by atoms with Gasteiger partial charge in [-0.25, -0.2) is 4.98 Å². The summed E-state index contributed by atoms with van der Waals surface area (Å²) in [6.07, 6.45) is 3.87. The van der Waals surface area contributed by atoms with Gasteiger partial charge in [0.05, 0.1) is 0 Å². The summed E-state index contributed by atoms with van der Waals surface area (Å²) in [5, 5.41) is 9.54. The zero-order valence-electron chi connectivity index (χ0n) is 15.3. The van der Waals surface area contributed by atoms with Gasteiger partial charge < -0.3 is 10.6 Å². The lowest BCUT2D eigenvalue weighted by Crippen LogP contribution is -2.47. The molecule has 1 aliphatic rings. The number of nitrogens with zero attached hydrogens (tertiary/aromatic N) is 3. The minimum atomic E-state index is 0.460. The number of halogens is 1. The molecule has 2 aromatic heterocycles. The molecule has 0 aliphatic carbocycles. The molecule has 1 atom stereocenters. The summed E-state index contributed by atoms with van der Waals surface area (Å²) in [5.41, 5.74) is 2.65. The molecule has 2 aromatic rings. The topological polar surface area (TPSA) is 52.6 Å². The second kappa shape index (κ2) is 9.35. The van der Waals surface area contributed by atoms with Crippen LogP contribution in [0, 0.1) is 0 Å². The van der Waals surface area contributed by atoms with Crippen molar-refractivity contribution in [1.29, 1.82) is 0 Å². The molecule has 2 N–H and O–H groups in total. The van der Waals surface area contributed by atoms with Gasteiger partial charge in [0.2, 0.25) is 0 Å². The van der Waals surface area contributed by atoms with E-state index < -0.39 is 0 Å². The van der Waals surface area contributed by atoms with Crippen molar-refractivity contribution >= 4 is 28.9 Å². The van der Waals surface area contributed by atoms with Gasteiger partial charge in [-0.15, -0.1) is 11.3 Å². The maximum absolute atomic E-state index is 5.82. The average molecular weight is 392 g/mol. The number of nitrogens with one attached hydrogen (secondary N) is 2. The highest BCUT2D eigenvalue weighted by Gasteiger charge is 2.21. The number of thiophene rings is 1. The van der Waals surface area contributed by atoms with Crippen molar-refractivity contribution in [2.45, 2.75) is 32.4 Å². The maximum Gasteiger partial charge on any atom is 0.191 e. The summed E-state index contributed by atoms with van der Waals surface area (Å²) in [5.74, 6) is 0.840. The highest BCUT2D eigenvalue weighted by molar-refractivity contribution is 7.10. The number of hydrogen-bond acceptors (Lipinski definition) is 4. The Morgan fingerprint density at radius 3 is 3.04 bits per heavy atom. The first kappa shape index (κ1) is 19.1. The zero-order valence-corrected chi connectivity index (χ0v) is 16.9. The third-order valence-electron chi connectivity index (χ3n) is 4.74. The van der Waals surface area contributed by atoms with Crippen LogP contribution in [-0.2, 0) is 19.4 Å². The van der Waals surface area contributed by atoms with Gasteiger partial charge >= 0.3 is 0 Å². The smallest absolute Gasteiger partial charge is 0.191 e. The first-order chi connectivity index (χ1) is 12.7. The maximum atomic E-state index is 5.82. The number of fused-ring (bicyclic) bond motifs is 1. The van der Waals surface area contributed by atoms with Crippen LogP contribution in [0.15, 0.2) is 34.8 Å². The number of rotatable bonds is 6. The van der Waals surface area contributed by atoms with Crippen LogP contribution < -0.4 is 10.6 Å². The highest BCUT2D eigenvalue weighted by atomic mass is 35.5. The first-order valence-electron chi connectivity index (χ1n) is 9.00. The van der Waals surface area contributed by atoms with Crippen molar-refractivity contribution in [3.05, 3.63) is 50.9 Å². The number of aliphatic imine (C=N–C) groups is 1. The summed E-state index contributed by atoms with van der Waals surface area (Å²) in [6, 6.07) is 6.55. The Balaban J connectivity index is 1.40. The summed E-state index contributed by atoms with van der Waals surface area (Å²) in [4.78, 5) is 12.5. The van der Waals surface area contributed by atoms with Gasteiger partial charge in [-0.1, -0.05) is 17.7 Å². The quantitative estimate of drug-likeness (QED) is 0.451. The highest BCUT2D eigenvalue weighted by Crippen LogP contribution is 2.24. The van der Waals surface area contributed by atoms with E-state index in [1.807, 2.05) is 36.7 Å². The molecule has 140 valence electrons. The molecule has 3 rings (SSSR count). The van der Waals surface area contributed by atoms with Crippen molar-refractivity contribution < 1.29 is 0 Å². The minimum absolute atomic E-state index is 0.460. The Morgan fingerprint density at radius 1 is 1.38 bits per heavy atom. The lowest BCUT2D eigenvalue weighted by molar-refractivity contribution is 0.192. The van der Waals surface area contributed by atoms with Crippen LogP contribution in [0.2, 0.25) is 5.15 Å². The number of guanidine groups is 1. The van der Waals surface area contributed by atoms with Crippen LogP contribution in [0.4, 0.5) is 0 Å². The van der Waals surface area contributed by atoms with E-state index in [9.17, 15) is 0 Å². The SMILES string of the molecule is CN=C(NCCc1ccc(Cl)nc1)NCC(C)N1CCc2sccc2C1. The summed E-state index contributed by atoms with van der Waals surface area (Å²) in [7, 11) is 1.81. The van der Waals surface area contributed by atoms with Crippen LogP contribution in [0.3, 0.4) is 0 Å². The molecule has 0 saturated heterocycles. The van der Waals surface area contributed by atoms with Crippen molar-refractivity contribution in [2.24, 2.45) is 4.99 Å². The van der Waals surface area contributed by atoms with Gasteiger partial charge in [0.25, 0.3) is 0 Å². The molecule has 3 heterocycles. The van der Waals surface area contributed by atoms with Crippen LogP contribution in [0.1, 0.15) is 22.9 Å². The van der Waals surface area contributed by atoms with Gasteiger partial charge in [0.15, 0.2) is 5.96 Å². The van der Waals surface area contributed by atoms with E-state index in [0.29, 0.717) is 11.2 Å². The third kappa shape index (κ3) is 5.19. The number of aromatic nitrogens is 1. The van der Waals surface area contributed by atoms with Crippen molar-refractivity contribution in [2.75, 3.05) is 26.7 Å². The Hall–Kier alpha value is -1.63. The molecule has 0 saturated carbocycles. The predicted octanol–water partition coefficient (Wildman–Crippen LogP) is 2.95. The van der Waals surface area contributed by atoms with Gasteiger partial charge in [-0.05, 0) is 48.4 Å². The van der Waals surface area contributed by atoms with Crippen molar-refractivity contribution in [3.63, 3.8) is 0 Å². The first-order valence-corrected chi connectivity index (χ1v) is 10.3. The molecule has 0 fully saturated rings. The van der Waals surface area contributed by atoms with E-state index in [4.69, 9.17) is 11.6 Å². The lowest BCUT2D eigenvalue weighted by Gasteiger charge is -2.32. The Morgan fingerprint density at radius 2 is 2.27 bits per heavy atom. The molecule has 5 nitrogen and oxygen atoms in total. The molecular weight excluding hydrogens is 366 g/mol. The molecule has 26 heavy (non-hydrogen) atoms. The van der Waals surface area contributed by atoms with Crippen LogP contribution in [0.5, 0.6) is 0 Å². The summed E-state index contributed by atoms with van der Waals surface area (Å²) >= 11 is 7.70. The molecule has 0 bridgehead atoms. The minimum Gasteiger partial charge on any atom is -0.356 e. The Kier molecular flexibility index (Phi) is 6.88. The fourth-order valence-electron chi connectivity index (χ4n) is 3.12. The van der Waals surface area contributed by atoms with Crippen molar-refractivity contribution in [1.82, 2.24) is 20.5 Å². The van der Waals surface area contributed by atoms with Gasteiger partial charge in [-0.3, -0.25) is 9.89 Å². The zero-order chi connectivity index (χ0) is 18.4. The Labute approximate surface area is 164 Å². The predicted molar refractivity (Wildman–Crippen MR) is 110 cm³/mol. The van der Waals surface area contributed by atoms with Crippen LogP contribution >= 0.6 is 22.9 Å². The molecule has 0 radical (unpaired) electrons. The molecule has 1 unspecified atom stereocenters. The summed E-state index contributed by atoms with van der Waals surface area (Å²) < 4.78 is 0. The van der Waals surface area contributed by atoms with E-state index >= 15 is 0 Å². The van der Waals surface area contributed by atoms with Crippen LogP contribution in [-0.4, -0.2) is 48.6 Å². The largest absolute Gasteiger partial charge is 0.356 e. The molecule has 7 heteroatoms. The monoisotopic (exact) mass is 391 g/mol. The molecule has 0 amide bonds. The average Bonchev–Trinajstić information content (AvgIpc) is 3.13. The Bertz CT molecular complexity index is 728. The fraction of sp³-hybridized carbons (Fsp3) is 0.474. The van der Waals surface area contributed by atoms with E-state index in [-0.39, 0.29) is 0 Å². The van der Waals surface area contributed by atoms with E-state index in [1.54, 1.807) is 4.88 Å². The van der Waals surface area contributed by atoms with Gasteiger partial charge in [0, 0.05) is 50.3 Å². The molecular formula is C19H26ClN5S. The van der Waals surface area contributed by atoms with Crippen molar-refractivity contribution in [3.8, 4) is 0 Å². The fourth-order valence-corrected chi connectivity index (χ4v) is 4.12. The normalized spacial score (nSPS) is 16.2.